The standard InChI is InChI=1S/C23H38O11/c1-13(2)15-9-14(3)16(10-17(15)31-7-8-33-23(4,29)12-25)30-5-6-32-22-21(28)20(27)19(26)18(11-24)34-22/h9-10,13,18-22,24-29H,5-8,11-12H2,1-4H3/t18?,19-,20+,21?,22-,23?/m1/s1. The van der Waals surface area contributed by atoms with Gasteiger partial charge in [0.25, 0.3) is 0 Å². The van der Waals surface area contributed by atoms with Crippen molar-refractivity contribution in [1.29, 1.82) is 0 Å². The van der Waals surface area contributed by atoms with Crippen LogP contribution in [0, 0.1) is 6.92 Å². The molecule has 1 aromatic rings. The van der Waals surface area contributed by atoms with Crippen molar-refractivity contribution in [3.8, 4) is 11.5 Å². The summed E-state index contributed by atoms with van der Waals surface area (Å²) in [7, 11) is 0. The molecule has 0 radical (unpaired) electrons. The van der Waals surface area contributed by atoms with Crippen molar-refractivity contribution in [2.45, 2.75) is 70.1 Å². The Bertz CT molecular complexity index is 753. The first-order valence-electron chi connectivity index (χ1n) is 11.3. The Morgan fingerprint density at radius 3 is 2.21 bits per heavy atom. The largest absolute Gasteiger partial charge is 0.491 e. The van der Waals surface area contributed by atoms with Crippen molar-refractivity contribution < 1.29 is 54.3 Å². The van der Waals surface area contributed by atoms with E-state index in [9.17, 15) is 25.5 Å². The molecule has 3 unspecified atom stereocenters. The van der Waals surface area contributed by atoms with Crippen LogP contribution >= 0.6 is 0 Å². The smallest absolute Gasteiger partial charge is 0.186 e. The first-order valence-corrected chi connectivity index (χ1v) is 11.3. The van der Waals surface area contributed by atoms with Gasteiger partial charge in [-0.1, -0.05) is 13.8 Å². The summed E-state index contributed by atoms with van der Waals surface area (Å²) >= 11 is 0. The maximum Gasteiger partial charge on any atom is 0.186 e. The highest BCUT2D eigenvalue weighted by molar-refractivity contribution is 5.47. The van der Waals surface area contributed by atoms with Gasteiger partial charge in [0, 0.05) is 6.07 Å². The summed E-state index contributed by atoms with van der Waals surface area (Å²) in [5.41, 5.74) is 1.85. The molecule has 1 aromatic carbocycles. The minimum absolute atomic E-state index is 0.00827. The number of benzene rings is 1. The maximum atomic E-state index is 10.0. The normalized spacial score (nSPS) is 27.0. The fraction of sp³-hybridized carbons (Fsp3) is 0.739. The summed E-state index contributed by atoms with van der Waals surface area (Å²) in [6.07, 6.45) is -6.69. The van der Waals surface area contributed by atoms with Crippen LogP contribution in [0.1, 0.15) is 37.8 Å². The average Bonchev–Trinajstić information content (AvgIpc) is 2.80. The van der Waals surface area contributed by atoms with Crippen molar-refractivity contribution >= 4 is 0 Å². The summed E-state index contributed by atoms with van der Waals surface area (Å²) in [5.74, 6) is -0.302. The van der Waals surface area contributed by atoms with E-state index < -0.39 is 49.7 Å². The fourth-order valence-electron chi connectivity index (χ4n) is 3.40. The third-order valence-corrected chi connectivity index (χ3v) is 5.45. The molecule has 0 bridgehead atoms. The Morgan fingerprint density at radius 1 is 0.941 bits per heavy atom. The van der Waals surface area contributed by atoms with Crippen LogP contribution in [0.25, 0.3) is 0 Å². The van der Waals surface area contributed by atoms with Gasteiger partial charge < -0.3 is 54.3 Å². The minimum atomic E-state index is -1.63. The lowest BCUT2D eigenvalue weighted by Gasteiger charge is -2.39. The quantitative estimate of drug-likeness (QED) is 0.154. The molecular formula is C23H38O11. The second kappa shape index (κ2) is 13.0. The molecular weight excluding hydrogens is 452 g/mol. The predicted molar refractivity (Wildman–Crippen MR) is 120 cm³/mol. The van der Waals surface area contributed by atoms with Gasteiger partial charge in [0.05, 0.1) is 26.4 Å². The second-order valence-corrected chi connectivity index (χ2v) is 8.76. The van der Waals surface area contributed by atoms with Crippen molar-refractivity contribution in [3.05, 3.63) is 23.3 Å². The second-order valence-electron chi connectivity index (χ2n) is 8.76. The Morgan fingerprint density at radius 2 is 1.59 bits per heavy atom. The first-order chi connectivity index (χ1) is 16.0. The highest BCUT2D eigenvalue weighted by Crippen LogP contribution is 2.33. The van der Waals surface area contributed by atoms with Crippen molar-refractivity contribution in [1.82, 2.24) is 0 Å². The van der Waals surface area contributed by atoms with Crippen LogP contribution in [0.15, 0.2) is 12.1 Å². The summed E-state index contributed by atoms with van der Waals surface area (Å²) < 4.78 is 27.6. The molecule has 6 atom stereocenters. The molecule has 0 aromatic heterocycles. The van der Waals surface area contributed by atoms with Crippen molar-refractivity contribution in [2.24, 2.45) is 0 Å². The third-order valence-electron chi connectivity index (χ3n) is 5.45. The van der Waals surface area contributed by atoms with Crippen LogP contribution < -0.4 is 9.47 Å². The van der Waals surface area contributed by atoms with E-state index in [-0.39, 0.29) is 32.3 Å². The lowest BCUT2D eigenvalue weighted by molar-refractivity contribution is -0.301. The van der Waals surface area contributed by atoms with Crippen LogP contribution in [0.4, 0.5) is 0 Å². The summed E-state index contributed by atoms with van der Waals surface area (Å²) in [5, 5.41) is 57.7. The molecule has 0 amide bonds. The lowest BCUT2D eigenvalue weighted by Crippen LogP contribution is -2.59. The van der Waals surface area contributed by atoms with Crippen LogP contribution in [0.3, 0.4) is 0 Å². The van der Waals surface area contributed by atoms with Crippen LogP contribution in [0.2, 0.25) is 0 Å². The van der Waals surface area contributed by atoms with Gasteiger partial charge >= 0.3 is 0 Å². The Labute approximate surface area is 199 Å². The van der Waals surface area contributed by atoms with Crippen LogP contribution in [0.5, 0.6) is 11.5 Å². The van der Waals surface area contributed by atoms with Gasteiger partial charge in [0.15, 0.2) is 12.1 Å². The maximum absolute atomic E-state index is 10.0. The van der Waals surface area contributed by atoms with Gasteiger partial charge in [-0.2, -0.15) is 0 Å². The molecule has 1 fully saturated rings. The number of hydrogen-bond acceptors (Lipinski definition) is 11. The molecule has 0 saturated carbocycles. The first kappa shape index (κ1) is 28.7. The Hall–Kier alpha value is -1.54. The monoisotopic (exact) mass is 490 g/mol. The highest BCUT2D eigenvalue weighted by Gasteiger charge is 2.43. The van der Waals surface area contributed by atoms with Crippen LogP contribution in [-0.2, 0) is 14.2 Å². The van der Waals surface area contributed by atoms with Gasteiger partial charge in [-0.15, -0.1) is 0 Å². The summed E-state index contributed by atoms with van der Waals surface area (Å²) in [6.45, 7) is 6.58. The number of rotatable bonds is 13. The lowest BCUT2D eigenvalue weighted by atomic mass is 9.99. The molecule has 1 heterocycles. The molecule has 11 nitrogen and oxygen atoms in total. The van der Waals surface area contributed by atoms with E-state index in [2.05, 4.69) is 0 Å². The SMILES string of the molecule is Cc1cc(C(C)C)c(OCCOC(C)(O)CO)cc1OCCO[C@@H]1OC(CO)[C@@H](O)[C@H](O)C1O. The molecule has 11 heteroatoms. The van der Waals surface area contributed by atoms with E-state index >= 15 is 0 Å². The van der Waals surface area contributed by atoms with E-state index in [1.54, 1.807) is 6.07 Å². The zero-order valence-corrected chi connectivity index (χ0v) is 20.1. The Balaban J connectivity index is 1.94. The molecule has 6 N–H and O–H groups in total. The van der Waals surface area contributed by atoms with E-state index in [0.29, 0.717) is 11.5 Å². The van der Waals surface area contributed by atoms with Gasteiger partial charge in [-0.25, -0.2) is 0 Å². The molecule has 1 aliphatic heterocycles. The van der Waals surface area contributed by atoms with E-state index in [0.717, 1.165) is 11.1 Å². The number of aryl methyl sites for hydroxylation is 1. The molecule has 2 rings (SSSR count). The predicted octanol–water partition coefficient (Wildman–Crippen LogP) is -0.590. The van der Waals surface area contributed by atoms with Gasteiger partial charge in [0.1, 0.15) is 49.1 Å². The number of hydrogen-bond donors (Lipinski definition) is 6. The zero-order chi connectivity index (χ0) is 25.5. The summed E-state index contributed by atoms with van der Waals surface area (Å²) in [4.78, 5) is 0. The van der Waals surface area contributed by atoms with Gasteiger partial charge in [-0.05, 0) is 37.0 Å². The molecule has 0 aliphatic carbocycles. The van der Waals surface area contributed by atoms with E-state index in [1.807, 2.05) is 26.8 Å². The topological polar surface area (TPSA) is 168 Å². The molecule has 1 aliphatic rings. The number of aliphatic hydroxyl groups is 6. The highest BCUT2D eigenvalue weighted by atomic mass is 16.7. The molecule has 1 saturated heterocycles. The molecule has 34 heavy (non-hydrogen) atoms. The van der Waals surface area contributed by atoms with E-state index in [1.165, 1.54) is 6.92 Å². The van der Waals surface area contributed by atoms with E-state index in [4.69, 9.17) is 28.8 Å². The molecule has 0 spiro atoms. The minimum Gasteiger partial charge on any atom is -0.491 e. The van der Waals surface area contributed by atoms with Crippen molar-refractivity contribution in [3.63, 3.8) is 0 Å². The van der Waals surface area contributed by atoms with Gasteiger partial charge in [-0.3, -0.25) is 0 Å². The number of ether oxygens (including phenoxy) is 5. The summed E-state index contributed by atoms with van der Waals surface area (Å²) in [6, 6.07) is 3.71. The van der Waals surface area contributed by atoms with Crippen molar-refractivity contribution in [2.75, 3.05) is 39.6 Å². The Kier molecular flexibility index (Phi) is 10.9. The fourth-order valence-corrected chi connectivity index (χ4v) is 3.40. The number of aliphatic hydroxyl groups excluding tert-OH is 5. The van der Waals surface area contributed by atoms with Crippen LogP contribution in [-0.4, -0.2) is 107 Å². The third kappa shape index (κ3) is 7.74. The zero-order valence-electron chi connectivity index (χ0n) is 20.1. The van der Waals surface area contributed by atoms with Gasteiger partial charge in [0.2, 0.25) is 0 Å². The average molecular weight is 491 g/mol. The molecule has 196 valence electrons.